The van der Waals surface area contributed by atoms with Gasteiger partial charge in [0.1, 0.15) is 18.2 Å². The third-order valence-corrected chi connectivity index (χ3v) is 6.75. The minimum absolute atomic E-state index is 0.116. The van der Waals surface area contributed by atoms with E-state index in [1.54, 1.807) is 24.0 Å². The molecule has 3 heterocycles. The normalized spacial score (nSPS) is 16.5. The largest absolute Gasteiger partial charge is 0.491 e. The van der Waals surface area contributed by atoms with Crippen molar-refractivity contribution in [3.8, 4) is 5.75 Å². The van der Waals surface area contributed by atoms with Crippen LogP contribution in [0.3, 0.4) is 0 Å². The molecule has 2 aliphatic rings. The number of piperazine rings is 1. The van der Waals surface area contributed by atoms with Crippen molar-refractivity contribution in [1.29, 1.82) is 0 Å². The highest BCUT2D eigenvalue weighted by Crippen LogP contribution is 2.28. The molecule has 0 unspecified atom stereocenters. The number of fused-ring (bicyclic) bond motifs is 2. The summed E-state index contributed by atoms with van der Waals surface area (Å²) >= 11 is 0. The number of amides is 2. The smallest absolute Gasteiger partial charge is 0.255 e. The molecule has 0 radical (unpaired) electrons. The van der Waals surface area contributed by atoms with Crippen LogP contribution < -0.4 is 4.74 Å². The molecule has 1 saturated heterocycles. The molecular weight excluding hydrogens is 447 g/mol. The second-order valence-electron chi connectivity index (χ2n) is 9.27. The van der Waals surface area contributed by atoms with Crippen molar-refractivity contribution in [3.05, 3.63) is 70.7 Å². The number of benzene rings is 2. The molecule has 0 atom stereocenters. The molecule has 1 aromatic heterocycles. The first-order chi connectivity index (χ1) is 16.9. The topological polar surface area (TPSA) is 66.0 Å². The molecule has 2 amide bonds. The number of hydrogen-bond acceptors (Lipinski definition) is 5. The van der Waals surface area contributed by atoms with Gasteiger partial charge in [-0.2, -0.15) is 0 Å². The van der Waals surface area contributed by atoms with E-state index in [9.17, 15) is 14.0 Å². The van der Waals surface area contributed by atoms with E-state index in [0.29, 0.717) is 41.9 Å². The van der Waals surface area contributed by atoms with Crippen LogP contribution in [0.15, 0.2) is 42.5 Å². The van der Waals surface area contributed by atoms with E-state index >= 15 is 0 Å². The highest BCUT2D eigenvalue weighted by molar-refractivity contribution is 6.06. The summed E-state index contributed by atoms with van der Waals surface area (Å²) < 4.78 is 19.7. The van der Waals surface area contributed by atoms with Gasteiger partial charge in [0.25, 0.3) is 5.91 Å². The van der Waals surface area contributed by atoms with Gasteiger partial charge < -0.3 is 14.5 Å². The monoisotopic (exact) mass is 476 g/mol. The van der Waals surface area contributed by atoms with Gasteiger partial charge >= 0.3 is 0 Å². The number of nitrogens with zero attached hydrogens (tertiary/aromatic N) is 4. The van der Waals surface area contributed by atoms with Crippen LogP contribution in [0.5, 0.6) is 5.75 Å². The molecule has 3 aromatic rings. The summed E-state index contributed by atoms with van der Waals surface area (Å²) in [4.78, 5) is 35.6. The van der Waals surface area contributed by atoms with Crippen LogP contribution in [-0.4, -0.2) is 70.8 Å². The molecule has 2 aliphatic heterocycles. The predicted octanol–water partition coefficient (Wildman–Crippen LogP) is 3.38. The third-order valence-electron chi connectivity index (χ3n) is 6.75. The van der Waals surface area contributed by atoms with Crippen molar-refractivity contribution >= 4 is 22.7 Å². The molecule has 35 heavy (non-hydrogen) atoms. The van der Waals surface area contributed by atoms with E-state index in [2.05, 4.69) is 22.0 Å². The number of carbonyl (C=O) groups is 2. The quantitative estimate of drug-likeness (QED) is 0.580. The lowest BCUT2D eigenvalue weighted by Gasteiger charge is -2.34. The molecule has 8 heteroatoms. The van der Waals surface area contributed by atoms with Crippen molar-refractivity contribution in [2.45, 2.75) is 26.9 Å². The third kappa shape index (κ3) is 4.98. The van der Waals surface area contributed by atoms with Gasteiger partial charge in [0.05, 0.1) is 17.6 Å². The molecule has 7 nitrogen and oxygen atoms in total. The van der Waals surface area contributed by atoms with E-state index < -0.39 is 0 Å². The first-order valence-electron chi connectivity index (χ1n) is 12.0. The van der Waals surface area contributed by atoms with Crippen LogP contribution in [0.4, 0.5) is 4.39 Å². The number of carbonyl (C=O) groups excluding carboxylic acids is 2. The lowest BCUT2D eigenvalue weighted by molar-refractivity contribution is -0.130. The summed E-state index contributed by atoms with van der Waals surface area (Å²) in [6.07, 6.45) is 0. The lowest BCUT2D eigenvalue weighted by Crippen LogP contribution is -2.47. The van der Waals surface area contributed by atoms with Crippen LogP contribution in [0.1, 0.15) is 34.1 Å². The van der Waals surface area contributed by atoms with E-state index in [1.807, 2.05) is 17.9 Å². The van der Waals surface area contributed by atoms with Gasteiger partial charge in [-0.25, -0.2) is 4.39 Å². The zero-order valence-corrected chi connectivity index (χ0v) is 20.1. The standard InChI is InChI=1S/C27H29FN4O3/c1-18-13-24(23-5-4-22(28)15-25(23)29-18)27(34)32-11-12-35-26-6-3-20(14-21(26)17-32)16-30-7-9-31(10-8-30)19(2)33/h3-6,13-15H,7-12,16-17H2,1-2H3. The zero-order valence-electron chi connectivity index (χ0n) is 20.1. The Hall–Kier alpha value is -3.52. The zero-order chi connectivity index (χ0) is 24.5. The number of pyridine rings is 1. The minimum Gasteiger partial charge on any atom is -0.491 e. The van der Waals surface area contributed by atoms with Crippen LogP contribution >= 0.6 is 0 Å². The van der Waals surface area contributed by atoms with Crippen molar-refractivity contribution in [3.63, 3.8) is 0 Å². The Labute approximate surface area is 204 Å². The number of hydrogen-bond donors (Lipinski definition) is 0. The molecule has 5 rings (SSSR count). The number of aromatic nitrogens is 1. The fourth-order valence-electron chi connectivity index (χ4n) is 4.88. The number of rotatable bonds is 3. The maximum Gasteiger partial charge on any atom is 0.255 e. The summed E-state index contributed by atoms with van der Waals surface area (Å²) in [6.45, 7) is 8.68. The Kier molecular flexibility index (Phi) is 6.38. The molecule has 2 aromatic carbocycles. The fourth-order valence-corrected chi connectivity index (χ4v) is 4.88. The first kappa shape index (κ1) is 23.2. The highest BCUT2D eigenvalue weighted by Gasteiger charge is 2.24. The van der Waals surface area contributed by atoms with E-state index in [-0.39, 0.29) is 17.6 Å². The Morgan fingerprint density at radius 3 is 2.57 bits per heavy atom. The minimum atomic E-state index is -0.374. The Bertz CT molecular complexity index is 1280. The molecule has 0 saturated carbocycles. The van der Waals surface area contributed by atoms with E-state index in [4.69, 9.17) is 4.74 Å². The summed E-state index contributed by atoms with van der Waals surface area (Å²) in [5.41, 5.74) is 3.79. The van der Waals surface area contributed by atoms with Crippen LogP contribution in [0.25, 0.3) is 10.9 Å². The SMILES string of the molecule is CC(=O)N1CCN(Cc2ccc3c(c2)CN(C(=O)c2cc(C)nc4cc(F)ccc24)CCO3)CC1. The van der Waals surface area contributed by atoms with E-state index in [0.717, 1.165) is 49.6 Å². The van der Waals surface area contributed by atoms with Gasteiger partial charge in [-0.05, 0) is 42.8 Å². The van der Waals surface area contributed by atoms with Crippen molar-refractivity contribution in [1.82, 2.24) is 19.7 Å². The van der Waals surface area contributed by atoms with Gasteiger partial charge in [0.15, 0.2) is 0 Å². The first-order valence-corrected chi connectivity index (χ1v) is 12.0. The lowest BCUT2D eigenvalue weighted by atomic mass is 10.0. The predicted molar refractivity (Wildman–Crippen MR) is 131 cm³/mol. The van der Waals surface area contributed by atoms with Crippen molar-refractivity contribution in [2.24, 2.45) is 0 Å². The van der Waals surface area contributed by atoms with Crippen molar-refractivity contribution in [2.75, 3.05) is 39.3 Å². The number of ether oxygens (including phenoxy) is 1. The summed E-state index contributed by atoms with van der Waals surface area (Å²) in [6, 6.07) is 12.3. The van der Waals surface area contributed by atoms with Crippen LogP contribution in [-0.2, 0) is 17.9 Å². The highest BCUT2D eigenvalue weighted by atomic mass is 19.1. The van der Waals surface area contributed by atoms with Gasteiger partial charge in [-0.3, -0.25) is 19.5 Å². The Balaban J connectivity index is 1.35. The van der Waals surface area contributed by atoms with Crippen molar-refractivity contribution < 1.29 is 18.7 Å². The van der Waals surface area contributed by atoms with Gasteiger partial charge in [-0.1, -0.05) is 6.07 Å². The Morgan fingerprint density at radius 1 is 1.00 bits per heavy atom. The second-order valence-corrected chi connectivity index (χ2v) is 9.27. The van der Waals surface area contributed by atoms with E-state index in [1.165, 1.54) is 12.1 Å². The summed E-state index contributed by atoms with van der Waals surface area (Å²) in [5.74, 6) is 0.429. The summed E-state index contributed by atoms with van der Waals surface area (Å²) in [7, 11) is 0. The second kappa shape index (κ2) is 9.62. The van der Waals surface area contributed by atoms with Gasteiger partial charge in [-0.15, -0.1) is 0 Å². The number of halogens is 1. The van der Waals surface area contributed by atoms with Gasteiger partial charge in [0.2, 0.25) is 5.91 Å². The van der Waals surface area contributed by atoms with Gasteiger partial charge in [0, 0.05) is 68.9 Å². The molecule has 0 N–H and O–H groups in total. The average Bonchev–Trinajstić information content (AvgIpc) is 3.05. The van der Waals surface area contributed by atoms with Crippen LogP contribution in [0, 0.1) is 12.7 Å². The fraction of sp³-hybridized carbons (Fsp3) is 0.370. The molecular formula is C27H29FN4O3. The Morgan fingerprint density at radius 2 is 1.80 bits per heavy atom. The maximum atomic E-state index is 13.8. The van der Waals surface area contributed by atoms with Crippen LogP contribution in [0.2, 0.25) is 0 Å². The molecule has 0 bridgehead atoms. The summed E-state index contributed by atoms with van der Waals surface area (Å²) in [5, 5.41) is 0.644. The molecule has 1 fully saturated rings. The number of aryl methyl sites for hydroxylation is 1. The maximum absolute atomic E-state index is 13.8. The average molecular weight is 477 g/mol. The molecule has 0 aliphatic carbocycles. The molecule has 182 valence electrons. The molecule has 0 spiro atoms.